The number of nitrogen functional groups attached to an aromatic ring is 1. The van der Waals surface area contributed by atoms with Gasteiger partial charge in [-0.25, -0.2) is 4.79 Å². The van der Waals surface area contributed by atoms with Crippen molar-refractivity contribution in [3.05, 3.63) is 34.8 Å². The van der Waals surface area contributed by atoms with Gasteiger partial charge in [0.2, 0.25) is 0 Å². The fraction of sp³-hybridized carbons (Fsp3) is 0.444. The van der Waals surface area contributed by atoms with E-state index >= 15 is 0 Å². The Morgan fingerprint density at radius 2 is 1.81 bits per heavy atom. The van der Waals surface area contributed by atoms with E-state index in [1.165, 1.54) is 6.92 Å². The summed E-state index contributed by atoms with van der Waals surface area (Å²) in [6.07, 6.45) is 1.69. The van der Waals surface area contributed by atoms with Crippen molar-refractivity contribution in [1.82, 2.24) is 0 Å². The molecule has 0 atom stereocenters. The Labute approximate surface area is 158 Å². The largest absolute Gasteiger partial charge is 0.491 e. The van der Waals surface area contributed by atoms with Crippen LogP contribution in [0.5, 0.6) is 0 Å². The third-order valence-electron chi connectivity index (χ3n) is 4.68. The van der Waals surface area contributed by atoms with E-state index in [4.69, 9.17) is 15.0 Å². The van der Waals surface area contributed by atoms with Gasteiger partial charge in [0.1, 0.15) is 0 Å². The average molecular weight is 377 g/mol. The molecule has 1 aromatic carbocycles. The Morgan fingerprint density at radius 1 is 1.23 bits per heavy atom. The number of carboxylic acids is 1. The zero-order chi connectivity index (χ0) is 19.7. The maximum Gasteiger partial charge on any atom is 0.491 e. The van der Waals surface area contributed by atoms with Gasteiger partial charge in [-0.05, 0) is 44.8 Å². The molecule has 8 heteroatoms. The molecular weight excluding hydrogens is 353 g/mol. The third-order valence-corrected chi connectivity index (χ3v) is 5.57. The normalized spacial score (nSPS) is 18.8. The molecule has 1 heterocycles. The molecule has 6 nitrogen and oxygen atoms in total. The van der Waals surface area contributed by atoms with E-state index in [1.807, 2.05) is 27.7 Å². The summed E-state index contributed by atoms with van der Waals surface area (Å²) in [6.45, 7) is 9.23. The van der Waals surface area contributed by atoms with E-state index in [2.05, 4.69) is 0 Å². The molecule has 0 bridgehead atoms. The second kappa shape index (κ2) is 7.46. The minimum Gasteiger partial charge on any atom is -0.478 e. The predicted octanol–water partition coefficient (Wildman–Crippen LogP) is 3.26. The smallest absolute Gasteiger partial charge is 0.478 e. The second-order valence-electron chi connectivity index (χ2n) is 7.20. The van der Waals surface area contributed by atoms with Gasteiger partial charge in [0.15, 0.2) is 5.12 Å². The molecule has 26 heavy (non-hydrogen) atoms. The second-order valence-corrected chi connectivity index (χ2v) is 8.36. The number of hydrogen-bond acceptors (Lipinski definition) is 6. The van der Waals surface area contributed by atoms with Crippen molar-refractivity contribution in [1.29, 1.82) is 0 Å². The zero-order valence-corrected chi connectivity index (χ0v) is 16.5. The van der Waals surface area contributed by atoms with Gasteiger partial charge >= 0.3 is 13.1 Å². The van der Waals surface area contributed by atoms with Gasteiger partial charge in [0.05, 0.1) is 16.8 Å². The van der Waals surface area contributed by atoms with Crippen LogP contribution in [0.25, 0.3) is 6.08 Å². The van der Waals surface area contributed by atoms with Crippen LogP contribution in [0.3, 0.4) is 0 Å². The Balaban J connectivity index is 2.47. The van der Waals surface area contributed by atoms with E-state index in [9.17, 15) is 14.7 Å². The molecule has 1 saturated heterocycles. The molecule has 0 radical (unpaired) electrons. The van der Waals surface area contributed by atoms with Crippen LogP contribution < -0.4 is 5.73 Å². The molecule has 3 N–H and O–H groups in total. The van der Waals surface area contributed by atoms with Gasteiger partial charge in [0.25, 0.3) is 0 Å². The summed E-state index contributed by atoms with van der Waals surface area (Å²) in [5.41, 5.74) is 6.08. The first kappa shape index (κ1) is 20.5. The maximum absolute atomic E-state index is 11.6. The number of carboxylic acid groups (broad SMARTS) is 1. The molecule has 140 valence electrons. The van der Waals surface area contributed by atoms with Crippen LogP contribution in [-0.2, 0) is 14.1 Å². The highest BCUT2D eigenvalue weighted by molar-refractivity contribution is 8.13. The molecule has 1 aliphatic rings. The average Bonchev–Trinajstić information content (AvgIpc) is 2.71. The summed E-state index contributed by atoms with van der Waals surface area (Å²) >= 11 is 1.12. The topological polar surface area (TPSA) is 98.9 Å². The Hall–Kier alpha value is -1.77. The van der Waals surface area contributed by atoms with Crippen LogP contribution in [0.4, 0.5) is 5.69 Å². The van der Waals surface area contributed by atoms with Gasteiger partial charge in [-0.15, -0.1) is 0 Å². The predicted molar refractivity (Wildman–Crippen MR) is 105 cm³/mol. The van der Waals surface area contributed by atoms with Crippen molar-refractivity contribution < 1.29 is 24.0 Å². The number of aromatic carboxylic acids is 1. The first-order valence-corrected chi connectivity index (χ1v) is 9.24. The minimum atomic E-state index is -1.11. The number of hydrogen-bond donors (Lipinski definition) is 2. The van der Waals surface area contributed by atoms with Crippen LogP contribution in [0, 0.1) is 0 Å². The Morgan fingerprint density at radius 3 is 2.31 bits per heavy atom. The quantitative estimate of drug-likeness (QED) is 0.600. The van der Waals surface area contributed by atoms with Gasteiger partial charge in [-0.3, -0.25) is 4.79 Å². The summed E-state index contributed by atoms with van der Waals surface area (Å²) in [7, 11) is -0.671. The molecular formula is C18H24BNO5S. The number of carbonyl (C=O) groups is 2. The number of anilines is 1. The highest BCUT2D eigenvalue weighted by Gasteiger charge is 2.52. The fourth-order valence-electron chi connectivity index (χ4n) is 2.51. The van der Waals surface area contributed by atoms with Crippen LogP contribution in [0.15, 0.2) is 23.7 Å². The molecule has 0 amide bonds. The van der Waals surface area contributed by atoms with Gasteiger partial charge in [-0.1, -0.05) is 30.0 Å². The van der Waals surface area contributed by atoms with E-state index < -0.39 is 24.3 Å². The molecule has 1 fully saturated rings. The summed E-state index contributed by atoms with van der Waals surface area (Å²) in [5, 5.41) is 9.43. The highest BCUT2D eigenvalue weighted by atomic mass is 32.2. The number of carbonyl (C=O) groups excluding carboxylic acids is 1. The number of rotatable bonds is 5. The van der Waals surface area contributed by atoms with E-state index in [0.717, 1.165) is 11.8 Å². The lowest BCUT2D eigenvalue weighted by Crippen LogP contribution is -2.41. The Bertz CT molecular complexity index is 744. The number of benzene rings is 1. The summed E-state index contributed by atoms with van der Waals surface area (Å²) in [6, 6.07) is 4.90. The first-order chi connectivity index (χ1) is 11.9. The van der Waals surface area contributed by atoms with E-state index in [1.54, 1.807) is 24.3 Å². The van der Waals surface area contributed by atoms with Crippen LogP contribution in [0.2, 0.25) is 0 Å². The maximum atomic E-state index is 11.6. The lowest BCUT2D eigenvalue weighted by atomic mass is 9.78. The van der Waals surface area contributed by atoms with Gasteiger partial charge in [0, 0.05) is 18.4 Å². The van der Waals surface area contributed by atoms with Crippen LogP contribution in [0.1, 0.15) is 50.5 Å². The summed E-state index contributed by atoms with van der Waals surface area (Å²) in [5.74, 6) is -0.776. The lowest BCUT2D eigenvalue weighted by Gasteiger charge is -2.32. The molecule has 0 aromatic heterocycles. The summed E-state index contributed by atoms with van der Waals surface area (Å²) < 4.78 is 12.1. The van der Waals surface area contributed by atoms with Crippen molar-refractivity contribution in [2.24, 2.45) is 0 Å². The standard InChI is InChI=1S/C18H24BNO5S/c1-11(21)26-10-13(19-24-17(2,3)18(4,5)25-19)9-12-7-6-8-14(20)15(12)16(22)23/h6-9H,10,20H2,1-5H3,(H,22,23). The monoisotopic (exact) mass is 377 g/mol. The van der Waals surface area contributed by atoms with Crippen molar-refractivity contribution in [3.63, 3.8) is 0 Å². The van der Waals surface area contributed by atoms with Gasteiger partial charge in [-0.2, -0.15) is 0 Å². The number of thioether (sulfide) groups is 1. The highest BCUT2D eigenvalue weighted by Crippen LogP contribution is 2.39. The molecule has 1 aliphatic heterocycles. The fourth-order valence-corrected chi connectivity index (χ4v) is 3.10. The molecule has 0 unspecified atom stereocenters. The molecule has 0 spiro atoms. The van der Waals surface area contributed by atoms with E-state index in [-0.39, 0.29) is 16.4 Å². The zero-order valence-electron chi connectivity index (χ0n) is 15.7. The van der Waals surface area contributed by atoms with Crippen molar-refractivity contribution >= 4 is 41.7 Å². The first-order valence-electron chi connectivity index (χ1n) is 8.26. The SMILES string of the molecule is CC(=O)SCC(=Cc1cccc(N)c1C(=O)O)B1OC(C)(C)C(C)(C)O1. The van der Waals surface area contributed by atoms with Crippen molar-refractivity contribution in [2.75, 3.05) is 11.5 Å². The van der Waals surface area contributed by atoms with E-state index in [0.29, 0.717) is 16.8 Å². The minimum absolute atomic E-state index is 0.0225. The summed E-state index contributed by atoms with van der Waals surface area (Å²) in [4.78, 5) is 23.0. The lowest BCUT2D eigenvalue weighted by molar-refractivity contribution is -0.109. The molecule has 0 aliphatic carbocycles. The molecule has 1 aromatic rings. The van der Waals surface area contributed by atoms with Crippen molar-refractivity contribution in [3.8, 4) is 0 Å². The van der Waals surface area contributed by atoms with Crippen molar-refractivity contribution in [2.45, 2.75) is 45.8 Å². The van der Waals surface area contributed by atoms with Gasteiger partial charge < -0.3 is 20.1 Å². The number of nitrogens with two attached hydrogens (primary N) is 1. The van der Waals surface area contributed by atoms with Crippen LogP contribution >= 0.6 is 11.8 Å². The molecule has 0 saturated carbocycles. The molecule has 2 rings (SSSR count). The van der Waals surface area contributed by atoms with Crippen LogP contribution in [-0.4, -0.2) is 40.3 Å². The third kappa shape index (κ3) is 4.31. The Kier molecular flexibility index (Phi) is 5.90.